The Morgan fingerprint density at radius 1 is 1.09 bits per heavy atom. The maximum Gasteiger partial charge on any atom is 0.321 e. The Balaban J connectivity index is 1.58. The van der Waals surface area contributed by atoms with E-state index in [0.717, 1.165) is 51.4 Å². The highest BCUT2D eigenvalue weighted by molar-refractivity contribution is 6.00. The van der Waals surface area contributed by atoms with Gasteiger partial charge in [-0.2, -0.15) is 0 Å². The lowest BCUT2D eigenvalue weighted by molar-refractivity contribution is -0.120. The molecule has 12 heteroatoms. The predicted octanol–water partition coefficient (Wildman–Crippen LogP) is 5.77. The van der Waals surface area contributed by atoms with E-state index in [4.69, 9.17) is 14.0 Å². The van der Waals surface area contributed by atoms with Crippen LogP contribution >= 0.6 is 0 Å². The second kappa shape index (κ2) is 17.0. The first-order chi connectivity index (χ1) is 22.5. The summed E-state index contributed by atoms with van der Waals surface area (Å²) in [5.74, 6) is 0.398. The molecule has 3 N–H and O–H groups in total. The number of urea groups is 1. The largest absolute Gasteiger partial charge is 0.490 e. The molecule has 0 saturated heterocycles. The van der Waals surface area contributed by atoms with Gasteiger partial charge < -0.3 is 39.5 Å². The molecular weight excluding hydrogens is 602 g/mol. The summed E-state index contributed by atoms with van der Waals surface area (Å²) in [6.07, 6.45) is 6.86. The summed E-state index contributed by atoms with van der Waals surface area (Å²) in [7, 11) is 1.70. The van der Waals surface area contributed by atoms with Gasteiger partial charge in [-0.25, -0.2) is 4.79 Å². The number of aryl methyl sites for hydroxylation is 2. The average Bonchev–Trinajstić information content (AvgIpc) is 3.38. The van der Waals surface area contributed by atoms with E-state index < -0.39 is 12.1 Å². The van der Waals surface area contributed by atoms with Gasteiger partial charge >= 0.3 is 6.03 Å². The van der Waals surface area contributed by atoms with Crippen LogP contribution in [0, 0.1) is 25.7 Å². The summed E-state index contributed by atoms with van der Waals surface area (Å²) in [6, 6.07) is 4.41. The minimum Gasteiger partial charge on any atom is -0.490 e. The molecule has 12 nitrogen and oxygen atoms in total. The highest BCUT2D eigenvalue weighted by Crippen LogP contribution is 2.30. The van der Waals surface area contributed by atoms with E-state index >= 15 is 0 Å². The molecule has 4 rings (SSSR count). The first-order valence-electron chi connectivity index (χ1n) is 17.1. The molecule has 4 amide bonds. The molecule has 2 heterocycles. The van der Waals surface area contributed by atoms with Crippen molar-refractivity contribution in [3.63, 3.8) is 0 Å². The molecule has 1 aromatic carbocycles. The molecule has 0 radical (unpaired) electrons. The van der Waals surface area contributed by atoms with Crippen molar-refractivity contribution in [2.75, 3.05) is 44.0 Å². The Morgan fingerprint density at radius 3 is 2.49 bits per heavy atom. The Kier molecular flexibility index (Phi) is 13.1. The van der Waals surface area contributed by atoms with E-state index in [1.54, 1.807) is 55.8 Å². The fraction of sp³-hybridized carbons (Fsp3) is 0.657. The number of amides is 4. The molecule has 1 saturated carbocycles. The number of anilines is 2. The van der Waals surface area contributed by atoms with Crippen LogP contribution in [0.1, 0.15) is 93.9 Å². The number of rotatable bonds is 7. The molecule has 0 unspecified atom stereocenters. The van der Waals surface area contributed by atoms with Crippen LogP contribution in [0.25, 0.3) is 0 Å². The molecule has 1 aromatic heterocycles. The van der Waals surface area contributed by atoms with Gasteiger partial charge in [-0.15, -0.1) is 0 Å². The number of fused-ring (bicyclic) bond motifs is 1. The molecule has 1 fully saturated rings. The number of aliphatic hydroxyl groups excluding tert-OH is 1. The molecule has 2 aliphatic rings. The zero-order valence-electron chi connectivity index (χ0n) is 28.8. The molecular formula is C35H53N5O7. The average molecular weight is 656 g/mol. The smallest absolute Gasteiger partial charge is 0.321 e. The quantitative estimate of drug-likeness (QED) is 0.341. The summed E-state index contributed by atoms with van der Waals surface area (Å²) < 4.78 is 17.9. The lowest BCUT2D eigenvalue weighted by atomic mass is 9.88. The number of nitrogens with zero attached hydrogens (tertiary/aromatic N) is 3. The molecule has 260 valence electrons. The lowest BCUT2D eigenvalue weighted by Gasteiger charge is -2.35. The van der Waals surface area contributed by atoms with Crippen molar-refractivity contribution in [3.05, 3.63) is 35.2 Å². The molecule has 2 aromatic rings. The topological polar surface area (TPSA) is 146 Å². The van der Waals surface area contributed by atoms with Gasteiger partial charge in [0.1, 0.15) is 17.1 Å². The molecule has 1 aliphatic carbocycles. The summed E-state index contributed by atoms with van der Waals surface area (Å²) >= 11 is 0. The van der Waals surface area contributed by atoms with Crippen LogP contribution in [-0.4, -0.2) is 89.5 Å². The fourth-order valence-electron chi connectivity index (χ4n) is 6.29. The third-order valence-corrected chi connectivity index (χ3v) is 9.36. The molecule has 0 bridgehead atoms. The number of carbonyl (C=O) groups excluding carboxylic acids is 3. The van der Waals surface area contributed by atoms with E-state index in [0.29, 0.717) is 40.7 Å². The third-order valence-electron chi connectivity index (χ3n) is 9.36. The number of hydrogen-bond acceptors (Lipinski definition) is 8. The number of carbonyl (C=O) groups is 3. The van der Waals surface area contributed by atoms with Crippen molar-refractivity contribution < 1.29 is 33.5 Å². The van der Waals surface area contributed by atoms with Crippen LogP contribution in [-0.2, 0) is 9.53 Å². The van der Waals surface area contributed by atoms with E-state index in [9.17, 15) is 19.5 Å². The van der Waals surface area contributed by atoms with E-state index in [-0.39, 0.29) is 55.5 Å². The predicted molar refractivity (Wildman–Crippen MR) is 180 cm³/mol. The molecule has 0 spiro atoms. The van der Waals surface area contributed by atoms with Crippen molar-refractivity contribution in [3.8, 4) is 5.75 Å². The number of nitrogens with one attached hydrogen (secondary N) is 2. The van der Waals surface area contributed by atoms with Crippen LogP contribution in [0.5, 0.6) is 5.75 Å². The maximum atomic E-state index is 14.4. The van der Waals surface area contributed by atoms with E-state index in [1.165, 1.54) is 0 Å². The van der Waals surface area contributed by atoms with Crippen molar-refractivity contribution in [1.29, 1.82) is 0 Å². The Bertz CT molecular complexity index is 1340. The van der Waals surface area contributed by atoms with Crippen molar-refractivity contribution >= 4 is 29.2 Å². The standard InChI is InChI=1S/C35H53N5O7/c1-22-19-40(23(2)21-41)34(43)29-18-28(36-33(42)27-13-8-7-9-14-27)15-16-30(29)46-24(3)12-10-11-17-45-31(22)20-39(6)35(44)37-32-25(4)38-47-26(32)5/h15-16,18,22-24,27,31,41H,7-14,17,19-21H2,1-6H3,(H,36,42)(H,37,44)/t22-,23+,24+,31-/m0/s1. The minimum atomic E-state index is -0.509. The Morgan fingerprint density at radius 2 is 1.81 bits per heavy atom. The van der Waals surface area contributed by atoms with Crippen LogP contribution in [0.15, 0.2) is 22.7 Å². The van der Waals surface area contributed by atoms with Crippen molar-refractivity contribution in [2.45, 2.75) is 104 Å². The van der Waals surface area contributed by atoms with Gasteiger partial charge in [0.25, 0.3) is 5.91 Å². The fourth-order valence-corrected chi connectivity index (χ4v) is 6.29. The van der Waals surface area contributed by atoms with Gasteiger partial charge in [-0.3, -0.25) is 9.59 Å². The minimum absolute atomic E-state index is 0.0241. The number of aromatic nitrogens is 1. The monoisotopic (exact) mass is 655 g/mol. The first kappa shape index (κ1) is 36.2. The summed E-state index contributed by atoms with van der Waals surface area (Å²) in [6.45, 7) is 10.1. The molecule has 4 atom stereocenters. The normalized spacial score (nSPS) is 22.4. The highest BCUT2D eigenvalue weighted by Gasteiger charge is 2.31. The van der Waals surface area contributed by atoms with E-state index in [2.05, 4.69) is 15.8 Å². The third kappa shape index (κ3) is 9.70. The van der Waals surface area contributed by atoms with E-state index in [1.807, 2.05) is 13.8 Å². The van der Waals surface area contributed by atoms with Crippen molar-refractivity contribution in [1.82, 2.24) is 15.0 Å². The maximum absolute atomic E-state index is 14.4. The summed E-state index contributed by atoms with van der Waals surface area (Å²) in [5, 5.41) is 20.1. The van der Waals surface area contributed by atoms with Crippen molar-refractivity contribution in [2.24, 2.45) is 11.8 Å². The second-order valence-electron chi connectivity index (χ2n) is 13.3. The second-order valence-corrected chi connectivity index (χ2v) is 13.3. The van der Waals surface area contributed by atoms with Crippen LogP contribution in [0.2, 0.25) is 0 Å². The zero-order valence-corrected chi connectivity index (χ0v) is 28.8. The van der Waals surface area contributed by atoms with Gasteiger partial charge in [0.05, 0.1) is 30.4 Å². The highest BCUT2D eigenvalue weighted by atomic mass is 16.5. The molecule has 1 aliphatic heterocycles. The van der Waals surface area contributed by atoms with Gasteiger partial charge in [-0.05, 0) is 78.0 Å². The van der Waals surface area contributed by atoms with Crippen LogP contribution < -0.4 is 15.4 Å². The Labute approximate surface area is 278 Å². The number of hydrogen-bond donors (Lipinski definition) is 3. The Hall–Kier alpha value is -3.64. The number of benzene rings is 1. The number of ether oxygens (including phenoxy) is 2. The van der Waals surface area contributed by atoms with Gasteiger partial charge in [0, 0.05) is 44.3 Å². The van der Waals surface area contributed by atoms with Crippen LogP contribution in [0.3, 0.4) is 0 Å². The van der Waals surface area contributed by atoms with Gasteiger partial charge in [-0.1, -0.05) is 31.3 Å². The molecule has 47 heavy (non-hydrogen) atoms. The lowest BCUT2D eigenvalue weighted by Crippen LogP contribution is -2.48. The van der Waals surface area contributed by atoms with Crippen LogP contribution in [0.4, 0.5) is 16.2 Å². The number of aliphatic hydroxyl groups is 1. The summed E-state index contributed by atoms with van der Waals surface area (Å²) in [5.41, 5.74) is 2.01. The van der Waals surface area contributed by atoms with Gasteiger partial charge in [0.15, 0.2) is 5.76 Å². The first-order valence-corrected chi connectivity index (χ1v) is 17.1. The summed E-state index contributed by atoms with van der Waals surface area (Å²) in [4.78, 5) is 43.8. The SMILES string of the molecule is Cc1noc(C)c1NC(=O)N(C)C[C@@H]1OCCCC[C@@H](C)Oc2ccc(NC(=O)C3CCCCC3)cc2C(=O)N([C@H](C)CO)C[C@@H]1C. The number of likely N-dealkylation sites (N-methyl/N-ethyl adjacent to an activating group) is 1. The van der Waals surface area contributed by atoms with Gasteiger partial charge in [0.2, 0.25) is 5.91 Å². The zero-order chi connectivity index (χ0) is 34.1.